The third-order valence-electron chi connectivity index (χ3n) is 4.05. The molecule has 0 spiro atoms. The van der Waals surface area contributed by atoms with E-state index in [9.17, 15) is 9.59 Å². The molecule has 1 aromatic rings. The molecule has 5 heteroatoms. The van der Waals surface area contributed by atoms with Gasteiger partial charge in [-0.15, -0.1) is 0 Å². The summed E-state index contributed by atoms with van der Waals surface area (Å²) < 4.78 is 4.81. The van der Waals surface area contributed by atoms with Gasteiger partial charge < -0.3 is 15.4 Å². The number of rotatable bonds is 3. The number of likely N-dealkylation sites (tertiary alicyclic amines) is 1. The van der Waals surface area contributed by atoms with E-state index in [-0.39, 0.29) is 11.9 Å². The average molecular weight is 290 g/mol. The summed E-state index contributed by atoms with van der Waals surface area (Å²) in [4.78, 5) is 26.3. The first-order valence-corrected chi connectivity index (χ1v) is 7.21. The van der Waals surface area contributed by atoms with E-state index in [1.54, 1.807) is 11.8 Å². The second-order valence-electron chi connectivity index (χ2n) is 5.60. The summed E-state index contributed by atoms with van der Waals surface area (Å²) in [7, 11) is 1.35. The molecular formula is C16H22N2O3. The molecule has 2 atom stereocenters. The number of methoxy groups -OCH3 is 1. The van der Waals surface area contributed by atoms with E-state index < -0.39 is 11.6 Å². The maximum absolute atomic E-state index is 12.8. The predicted molar refractivity (Wildman–Crippen MR) is 79.3 cm³/mol. The molecule has 1 heterocycles. The summed E-state index contributed by atoms with van der Waals surface area (Å²) >= 11 is 0. The molecular weight excluding hydrogens is 268 g/mol. The van der Waals surface area contributed by atoms with Gasteiger partial charge in [-0.25, -0.2) is 4.79 Å². The molecule has 0 aromatic heterocycles. The maximum atomic E-state index is 12.8. The summed E-state index contributed by atoms with van der Waals surface area (Å²) in [5, 5.41) is 0. The molecule has 21 heavy (non-hydrogen) atoms. The van der Waals surface area contributed by atoms with Gasteiger partial charge in [0.1, 0.15) is 11.6 Å². The van der Waals surface area contributed by atoms with Gasteiger partial charge in [-0.3, -0.25) is 4.79 Å². The topological polar surface area (TPSA) is 72.6 Å². The number of nitrogens with zero attached hydrogens (tertiary/aromatic N) is 1. The van der Waals surface area contributed by atoms with E-state index >= 15 is 0 Å². The zero-order valence-corrected chi connectivity index (χ0v) is 12.5. The minimum Gasteiger partial charge on any atom is -0.467 e. The highest BCUT2D eigenvalue weighted by atomic mass is 16.5. The molecule has 2 unspecified atom stereocenters. The van der Waals surface area contributed by atoms with Crippen molar-refractivity contribution in [3.63, 3.8) is 0 Å². The Morgan fingerprint density at radius 2 is 1.95 bits per heavy atom. The Balaban J connectivity index is 2.26. The molecule has 1 aromatic carbocycles. The summed E-state index contributed by atoms with van der Waals surface area (Å²) in [6.45, 7) is 2.23. The van der Waals surface area contributed by atoms with Crippen LogP contribution in [0.4, 0.5) is 0 Å². The average Bonchev–Trinajstić information content (AvgIpc) is 2.54. The van der Waals surface area contributed by atoms with Crippen molar-refractivity contribution in [1.29, 1.82) is 0 Å². The van der Waals surface area contributed by atoms with Crippen molar-refractivity contribution in [2.24, 2.45) is 5.73 Å². The van der Waals surface area contributed by atoms with Crippen LogP contribution < -0.4 is 5.73 Å². The lowest BCUT2D eigenvalue weighted by atomic mass is 9.89. The SMILES string of the molecule is COC(=O)C1CCCCN1C(=O)C(C)(N)c1ccccc1. The Kier molecular flexibility index (Phi) is 4.63. The number of esters is 1. The van der Waals surface area contributed by atoms with Crippen molar-refractivity contribution in [2.75, 3.05) is 13.7 Å². The van der Waals surface area contributed by atoms with Crippen molar-refractivity contribution >= 4 is 11.9 Å². The minimum atomic E-state index is -1.15. The first kappa shape index (κ1) is 15.5. The second kappa shape index (κ2) is 6.26. The van der Waals surface area contributed by atoms with Gasteiger partial charge in [0.15, 0.2) is 0 Å². The lowest BCUT2D eigenvalue weighted by Gasteiger charge is -2.38. The fourth-order valence-corrected chi connectivity index (χ4v) is 2.76. The third kappa shape index (κ3) is 3.08. The Morgan fingerprint density at radius 3 is 2.57 bits per heavy atom. The first-order valence-electron chi connectivity index (χ1n) is 7.21. The summed E-state index contributed by atoms with van der Waals surface area (Å²) in [5.74, 6) is -0.601. The van der Waals surface area contributed by atoms with Crippen LogP contribution >= 0.6 is 0 Å². The smallest absolute Gasteiger partial charge is 0.328 e. The summed E-state index contributed by atoms with van der Waals surface area (Å²) in [5.41, 5.74) is 5.86. The largest absolute Gasteiger partial charge is 0.467 e. The molecule has 2 rings (SSSR count). The number of hydrogen-bond donors (Lipinski definition) is 1. The number of piperidine rings is 1. The lowest BCUT2D eigenvalue weighted by molar-refractivity contribution is -0.156. The Morgan fingerprint density at radius 1 is 1.29 bits per heavy atom. The number of ether oxygens (including phenoxy) is 1. The van der Waals surface area contributed by atoms with Crippen LogP contribution in [0.3, 0.4) is 0 Å². The van der Waals surface area contributed by atoms with Crippen LogP contribution in [0.15, 0.2) is 30.3 Å². The molecule has 5 nitrogen and oxygen atoms in total. The Hall–Kier alpha value is -1.88. The fraction of sp³-hybridized carbons (Fsp3) is 0.500. The van der Waals surface area contributed by atoms with Gasteiger partial charge in [-0.1, -0.05) is 30.3 Å². The molecule has 1 aliphatic heterocycles. The molecule has 0 saturated carbocycles. The van der Waals surface area contributed by atoms with E-state index in [2.05, 4.69) is 0 Å². The number of carbonyl (C=O) groups excluding carboxylic acids is 2. The van der Waals surface area contributed by atoms with Crippen molar-refractivity contribution in [3.05, 3.63) is 35.9 Å². The molecule has 1 aliphatic rings. The van der Waals surface area contributed by atoms with E-state index in [4.69, 9.17) is 10.5 Å². The first-order chi connectivity index (χ1) is 9.98. The number of nitrogens with two attached hydrogens (primary N) is 1. The van der Waals surface area contributed by atoms with Crippen molar-refractivity contribution in [3.8, 4) is 0 Å². The van der Waals surface area contributed by atoms with Crippen LogP contribution in [0, 0.1) is 0 Å². The van der Waals surface area contributed by atoms with E-state index in [0.717, 1.165) is 18.4 Å². The highest BCUT2D eigenvalue weighted by Crippen LogP contribution is 2.26. The molecule has 2 N–H and O–H groups in total. The van der Waals surface area contributed by atoms with Gasteiger partial charge in [0.25, 0.3) is 0 Å². The molecule has 114 valence electrons. The zero-order valence-electron chi connectivity index (χ0n) is 12.5. The van der Waals surface area contributed by atoms with Gasteiger partial charge in [0, 0.05) is 6.54 Å². The van der Waals surface area contributed by atoms with E-state index in [1.165, 1.54) is 7.11 Å². The normalized spacial score (nSPS) is 21.5. The predicted octanol–water partition coefficient (Wildman–Crippen LogP) is 1.41. The van der Waals surface area contributed by atoms with Crippen LogP contribution in [0.2, 0.25) is 0 Å². The lowest BCUT2D eigenvalue weighted by Crippen LogP contribution is -2.57. The Bertz CT molecular complexity index is 514. The van der Waals surface area contributed by atoms with Crippen molar-refractivity contribution < 1.29 is 14.3 Å². The number of amides is 1. The molecule has 0 bridgehead atoms. The fourth-order valence-electron chi connectivity index (χ4n) is 2.76. The highest BCUT2D eigenvalue weighted by Gasteiger charge is 2.41. The number of hydrogen-bond acceptors (Lipinski definition) is 4. The third-order valence-corrected chi connectivity index (χ3v) is 4.05. The highest BCUT2D eigenvalue weighted by molar-refractivity contribution is 5.91. The summed E-state index contributed by atoms with van der Waals surface area (Å²) in [6, 6.07) is 8.71. The molecule has 1 fully saturated rings. The van der Waals surface area contributed by atoms with Crippen molar-refractivity contribution in [1.82, 2.24) is 4.90 Å². The second-order valence-corrected chi connectivity index (χ2v) is 5.60. The van der Waals surface area contributed by atoms with Gasteiger partial charge >= 0.3 is 5.97 Å². The maximum Gasteiger partial charge on any atom is 0.328 e. The van der Waals surface area contributed by atoms with Gasteiger partial charge in [0.05, 0.1) is 7.11 Å². The monoisotopic (exact) mass is 290 g/mol. The molecule has 1 saturated heterocycles. The van der Waals surface area contributed by atoms with E-state index in [0.29, 0.717) is 13.0 Å². The molecule has 0 aliphatic carbocycles. The quantitative estimate of drug-likeness (QED) is 0.854. The zero-order chi connectivity index (χ0) is 15.5. The van der Waals surface area contributed by atoms with Gasteiger partial charge in [-0.2, -0.15) is 0 Å². The molecule has 1 amide bonds. The van der Waals surface area contributed by atoms with Crippen LogP contribution in [0.1, 0.15) is 31.7 Å². The van der Waals surface area contributed by atoms with Crippen LogP contribution in [0.25, 0.3) is 0 Å². The standard InChI is InChI=1S/C16H22N2O3/c1-16(17,12-8-4-3-5-9-12)15(20)18-11-7-6-10-13(18)14(19)21-2/h3-5,8-9,13H,6-7,10-11,17H2,1-2H3. The minimum absolute atomic E-state index is 0.233. The molecule has 0 radical (unpaired) electrons. The van der Waals surface area contributed by atoms with Gasteiger partial charge in [0.2, 0.25) is 5.91 Å². The Labute approximate surface area is 125 Å². The number of carbonyl (C=O) groups is 2. The van der Waals surface area contributed by atoms with Crippen LogP contribution in [-0.2, 0) is 19.9 Å². The number of benzene rings is 1. The summed E-state index contributed by atoms with van der Waals surface area (Å²) in [6.07, 6.45) is 2.42. The van der Waals surface area contributed by atoms with Crippen molar-refractivity contribution in [2.45, 2.75) is 37.8 Å². The van der Waals surface area contributed by atoms with Crippen LogP contribution in [0.5, 0.6) is 0 Å². The van der Waals surface area contributed by atoms with E-state index in [1.807, 2.05) is 30.3 Å². The van der Waals surface area contributed by atoms with Crippen LogP contribution in [-0.4, -0.2) is 36.5 Å². The van der Waals surface area contributed by atoms with Gasteiger partial charge in [-0.05, 0) is 31.7 Å².